The molecule has 2 atom stereocenters. The Kier molecular flexibility index (Phi) is 4.75. The normalized spacial score (nSPS) is 20.8. The molecule has 1 saturated carbocycles. The van der Waals surface area contributed by atoms with Gasteiger partial charge in [0.05, 0.1) is 12.2 Å². The lowest BCUT2D eigenvalue weighted by Crippen LogP contribution is -2.10. The number of benzene rings is 1. The fraction of sp³-hybridized carbons (Fsp3) is 0.350. The standard InChI is InChI=1S/C20H20F2O3/c1-20(2)16(10-17(21)22)18(20)19(23)25-12-14-9-15(24-11-14)8-13-6-4-3-5-7-13/h3-7,9-11,16,18H,8,12H2,1-2H3/t16?,18-/m0/s1. The molecule has 1 aromatic heterocycles. The van der Waals surface area contributed by atoms with Gasteiger partial charge in [-0.15, -0.1) is 0 Å². The fourth-order valence-corrected chi connectivity index (χ4v) is 3.21. The zero-order valence-electron chi connectivity index (χ0n) is 14.2. The van der Waals surface area contributed by atoms with Gasteiger partial charge in [-0.05, 0) is 23.1 Å². The minimum absolute atomic E-state index is 0.0816. The van der Waals surface area contributed by atoms with E-state index in [-0.39, 0.29) is 6.61 Å². The number of rotatable bonds is 6. The Morgan fingerprint density at radius 1 is 1.24 bits per heavy atom. The molecule has 0 saturated heterocycles. The monoisotopic (exact) mass is 346 g/mol. The maximum atomic E-state index is 12.4. The summed E-state index contributed by atoms with van der Waals surface area (Å²) in [7, 11) is 0. The lowest BCUT2D eigenvalue weighted by Gasteiger charge is -2.03. The quantitative estimate of drug-likeness (QED) is 0.694. The number of carbonyl (C=O) groups is 1. The van der Waals surface area contributed by atoms with Crippen molar-refractivity contribution in [3.8, 4) is 0 Å². The smallest absolute Gasteiger partial charge is 0.310 e. The SMILES string of the molecule is CC1(C)C(C=C(F)F)[C@H]1C(=O)OCc1coc(Cc2ccccc2)c1. The summed E-state index contributed by atoms with van der Waals surface area (Å²) >= 11 is 0. The molecule has 0 radical (unpaired) electrons. The predicted molar refractivity (Wildman–Crippen MR) is 88.8 cm³/mol. The molecule has 2 aromatic rings. The van der Waals surface area contributed by atoms with Crippen LogP contribution in [0, 0.1) is 17.3 Å². The van der Waals surface area contributed by atoms with Crippen LogP contribution in [0.2, 0.25) is 0 Å². The van der Waals surface area contributed by atoms with E-state index in [0.29, 0.717) is 6.42 Å². The first-order valence-electron chi connectivity index (χ1n) is 8.17. The van der Waals surface area contributed by atoms with Crippen LogP contribution in [0.1, 0.15) is 30.7 Å². The predicted octanol–water partition coefficient (Wildman–Crippen LogP) is 4.97. The van der Waals surface area contributed by atoms with E-state index in [4.69, 9.17) is 9.15 Å². The van der Waals surface area contributed by atoms with Crippen LogP contribution in [-0.2, 0) is 22.6 Å². The highest BCUT2D eigenvalue weighted by molar-refractivity contribution is 5.78. The molecule has 1 unspecified atom stereocenters. The molecule has 1 fully saturated rings. The number of halogens is 2. The molecule has 1 heterocycles. The number of hydrogen-bond acceptors (Lipinski definition) is 3. The van der Waals surface area contributed by atoms with Crippen molar-refractivity contribution < 1.29 is 22.7 Å². The van der Waals surface area contributed by atoms with Crippen molar-refractivity contribution in [1.29, 1.82) is 0 Å². The third-order valence-corrected chi connectivity index (χ3v) is 4.78. The minimum Gasteiger partial charge on any atom is -0.469 e. The van der Waals surface area contributed by atoms with Gasteiger partial charge >= 0.3 is 5.97 Å². The van der Waals surface area contributed by atoms with E-state index in [0.717, 1.165) is 23.0 Å². The summed E-state index contributed by atoms with van der Waals surface area (Å²) in [5, 5.41) is 0. The molecule has 0 spiro atoms. The summed E-state index contributed by atoms with van der Waals surface area (Å²) < 4.78 is 35.7. The van der Waals surface area contributed by atoms with Gasteiger partial charge in [0.1, 0.15) is 12.4 Å². The average Bonchev–Trinajstić information content (AvgIpc) is 2.90. The summed E-state index contributed by atoms with van der Waals surface area (Å²) in [5.41, 5.74) is 1.39. The third kappa shape index (κ3) is 3.98. The van der Waals surface area contributed by atoms with E-state index in [1.165, 1.54) is 0 Å². The van der Waals surface area contributed by atoms with E-state index < -0.39 is 29.3 Å². The first-order chi connectivity index (χ1) is 11.9. The van der Waals surface area contributed by atoms with Crippen molar-refractivity contribution in [2.45, 2.75) is 26.9 Å². The molecule has 1 aromatic carbocycles. The summed E-state index contributed by atoms with van der Waals surface area (Å²) in [5.74, 6) is -0.657. The summed E-state index contributed by atoms with van der Waals surface area (Å²) in [6.07, 6.45) is 1.31. The largest absolute Gasteiger partial charge is 0.469 e. The highest BCUT2D eigenvalue weighted by Crippen LogP contribution is 2.60. The molecule has 0 amide bonds. The fourth-order valence-electron chi connectivity index (χ4n) is 3.21. The van der Waals surface area contributed by atoms with Gasteiger partial charge in [0.15, 0.2) is 0 Å². The first-order valence-corrected chi connectivity index (χ1v) is 8.17. The van der Waals surface area contributed by atoms with E-state index in [1.54, 1.807) is 20.1 Å². The van der Waals surface area contributed by atoms with Crippen LogP contribution in [0.4, 0.5) is 8.78 Å². The van der Waals surface area contributed by atoms with E-state index in [2.05, 4.69) is 0 Å². The van der Waals surface area contributed by atoms with Crippen LogP contribution in [0.25, 0.3) is 0 Å². The second-order valence-corrected chi connectivity index (χ2v) is 6.97. The van der Waals surface area contributed by atoms with Gasteiger partial charge in [-0.2, -0.15) is 8.78 Å². The minimum atomic E-state index is -1.76. The highest BCUT2D eigenvalue weighted by atomic mass is 19.3. The van der Waals surface area contributed by atoms with Gasteiger partial charge in [0.2, 0.25) is 0 Å². The second-order valence-electron chi connectivity index (χ2n) is 6.97. The van der Waals surface area contributed by atoms with Crippen molar-refractivity contribution in [2.24, 2.45) is 17.3 Å². The Bertz CT molecular complexity index is 773. The van der Waals surface area contributed by atoms with Crippen LogP contribution in [0.3, 0.4) is 0 Å². The second kappa shape index (κ2) is 6.82. The number of allylic oxidation sites excluding steroid dienone is 1. The zero-order chi connectivity index (χ0) is 18.0. The van der Waals surface area contributed by atoms with Gasteiger partial charge in [-0.25, -0.2) is 0 Å². The van der Waals surface area contributed by atoms with Gasteiger partial charge < -0.3 is 9.15 Å². The van der Waals surface area contributed by atoms with Crippen molar-refractivity contribution >= 4 is 5.97 Å². The maximum absolute atomic E-state index is 12.4. The molecule has 0 aliphatic heterocycles. The van der Waals surface area contributed by atoms with Crippen LogP contribution in [-0.4, -0.2) is 5.97 Å². The Morgan fingerprint density at radius 2 is 1.96 bits per heavy atom. The number of carbonyl (C=O) groups excluding carboxylic acids is 1. The molecule has 5 heteroatoms. The molecule has 1 aliphatic rings. The van der Waals surface area contributed by atoms with Crippen LogP contribution in [0.15, 0.2) is 59.2 Å². The van der Waals surface area contributed by atoms with Crippen molar-refractivity contribution in [1.82, 2.24) is 0 Å². The Morgan fingerprint density at radius 3 is 2.64 bits per heavy atom. The number of esters is 1. The van der Waals surface area contributed by atoms with Gasteiger partial charge in [-0.3, -0.25) is 4.79 Å². The van der Waals surface area contributed by atoms with E-state index in [1.807, 2.05) is 36.4 Å². The van der Waals surface area contributed by atoms with Gasteiger partial charge in [-0.1, -0.05) is 44.2 Å². The lowest BCUT2D eigenvalue weighted by atomic mass is 10.1. The first kappa shape index (κ1) is 17.4. The molecule has 1 aliphatic carbocycles. The third-order valence-electron chi connectivity index (χ3n) is 4.78. The Balaban J connectivity index is 1.54. The lowest BCUT2D eigenvalue weighted by molar-refractivity contribution is -0.147. The molecule has 25 heavy (non-hydrogen) atoms. The number of hydrogen-bond donors (Lipinski definition) is 0. The van der Waals surface area contributed by atoms with Crippen molar-refractivity contribution in [2.75, 3.05) is 0 Å². The molecular formula is C20H20F2O3. The zero-order valence-corrected chi connectivity index (χ0v) is 14.2. The van der Waals surface area contributed by atoms with Crippen LogP contribution in [0.5, 0.6) is 0 Å². The van der Waals surface area contributed by atoms with Crippen LogP contribution >= 0.6 is 0 Å². The van der Waals surface area contributed by atoms with E-state index in [9.17, 15) is 13.6 Å². The number of ether oxygens (including phenoxy) is 1. The molecule has 132 valence electrons. The highest BCUT2D eigenvalue weighted by Gasteiger charge is 2.61. The molecular weight excluding hydrogens is 326 g/mol. The van der Waals surface area contributed by atoms with Gasteiger partial charge in [0, 0.05) is 17.9 Å². The Hall–Kier alpha value is -2.43. The topological polar surface area (TPSA) is 39.4 Å². The molecule has 3 rings (SSSR count). The van der Waals surface area contributed by atoms with Crippen molar-refractivity contribution in [3.63, 3.8) is 0 Å². The number of furan rings is 1. The maximum Gasteiger partial charge on any atom is 0.310 e. The molecule has 3 nitrogen and oxygen atoms in total. The summed E-state index contributed by atoms with van der Waals surface area (Å²) in [6.45, 7) is 3.66. The van der Waals surface area contributed by atoms with Gasteiger partial charge in [0.25, 0.3) is 6.08 Å². The summed E-state index contributed by atoms with van der Waals surface area (Å²) in [4.78, 5) is 12.2. The molecule has 0 bridgehead atoms. The van der Waals surface area contributed by atoms with E-state index >= 15 is 0 Å². The average molecular weight is 346 g/mol. The summed E-state index contributed by atoms with van der Waals surface area (Å²) in [6, 6.07) is 11.7. The Labute approximate surface area is 145 Å². The van der Waals surface area contributed by atoms with Crippen LogP contribution < -0.4 is 0 Å². The van der Waals surface area contributed by atoms with Crippen molar-refractivity contribution in [3.05, 3.63) is 71.7 Å². The molecule has 0 N–H and O–H groups in total.